The third-order valence-electron chi connectivity index (χ3n) is 5.95. The first kappa shape index (κ1) is 21.3. The smallest absolute Gasteiger partial charge is 0.221 e. The summed E-state index contributed by atoms with van der Waals surface area (Å²) in [6.45, 7) is 10.0. The van der Waals surface area contributed by atoms with Crippen LogP contribution in [0.2, 0.25) is 0 Å². The molecule has 0 spiro atoms. The summed E-state index contributed by atoms with van der Waals surface area (Å²) in [4.78, 5) is 23.5. The van der Waals surface area contributed by atoms with Crippen molar-refractivity contribution < 1.29 is 9.53 Å². The second-order valence-electron chi connectivity index (χ2n) is 8.26. The van der Waals surface area contributed by atoms with Gasteiger partial charge in [-0.15, -0.1) is 0 Å². The molecule has 7 nitrogen and oxygen atoms in total. The second-order valence-corrected chi connectivity index (χ2v) is 8.26. The predicted octanol–water partition coefficient (Wildman–Crippen LogP) is 4.47. The average Bonchev–Trinajstić information content (AvgIpc) is 3.27. The Bertz CT molecular complexity index is 1050. The molecule has 0 radical (unpaired) electrons. The molecule has 2 atom stereocenters. The van der Waals surface area contributed by atoms with Crippen LogP contribution in [0.4, 0.5) is 11.5 Å². The number of ether oxygens (including phenoxy) is 1. The highest BCUT2D eigenvalue weighted by Gasteiger charge is 2.28. The van der Waals surface area contributed by atoms with Gasteiger partial charge in [-0.25, -0.2) is 9.97 Å². The van der Waals surface area contributed by atoms with E-state index in [2.05, 4.69) is 40.8 Å². The van der Waals surface area contributed by atoms with E-state index >= 15 is 0 Å². The minimum atomic E-state index is -0.0967. The number of carbonyl (C=O) groups excluding carboxylic acids is 1. The molecule has 7 heteroatoms. The number of imidazole rings is 1. The maximum absolute atomic E-state index is 11.4. The minimum absolute atomic E-state index is 0.0967. The molecule has 3 heterocycles. The zero-order valence-electron chi connectivity index (χ0n) is 18.8. The van der Waals surface area contributed by atoms with Gasteiger partial charge in [-0.2, -0.15) is 0 Å². The van der Waals surface area contributed by atoms with Crippen LogP contribution in [0.15, 0.2) is 36.5 Å². The van der Waals surface area contributed by atoms with Crippen molar-refractivity contribution in [3.8, 4) is 11.4 Å². The van der Waals surface area contributed by atoms with Gasteiger partial charge in [0.2, 0.25) is 5.91 Å². The van der Waals surface area contributed by atoms with E-state index in [-0.39, 0.29) is 5.91 Å². The summed E-state index contributed by atoms with van der Waals surface area (Å²) in [5.74, 6) is 1.78. The van der Waals surface area contributed by atoms with Crippen molar-refractivity contribution in [2.24, 2.45) is 0 Å². The first-order chi connectivity index (χ1) is 15.0. The highest BCUT2D eigenvalue weighted by atomic mass is 16.5. The first-order valence-electron chi connectivity index (χ1n) is 11.1. The molecule has 2 aromatic heterocycles. The molecule has 0 bridgehead atoms. The number of rotatable bonds is 7. The number of hydrogen-bond acceptors (Lipinski definition) is 5. The van der Waals surface area contributed by atoms with Crippen LogP contribution in [0.3, 0.4) is 0 Å². The standard InChI is InChI=1S/C24H31N5O2/c1-5-31-13-12-28-22-10-9-20(26-18(4)30)14-21(22)27-24(28)19-8-11-23(25-15-19)29-16(2)6-7-17(29)3/h8-11,14-17H,5-7,12-13H2,1-4H3,(H,26,30)/t16-,17-/m0/s1. The molecule has 1 fully saturated rings. The Morgan fingerprint density at radius 3 is 2.61 bits per heavy atom. The first-order valence-corrected chi connectivity index (χ1v) is 11.1. The predicted molar refractivity (Wildman–Crippen MR) is 124 cm³/mol. The lowest BCUT2D eigenvalue weighted by Crippen LogP contribution is -2.33. The van der Waals surface area contributed by atoms with Gasteiger partial charge in [0, 0.05) is 49.6 Å². The van der Waals surface area contributed by atoms with Crippen molar-refractivity contribution in [1.29, 1.82) is 0 Å². The molecule has 1 aliphatic heterocycles. The number of hydrogen-bond donors (Lipinski definition) is 1. The normalized spacial score (nSPS) is 18.6. The highest BCUT2D eigenvalue weighted by molar-refractivity contribution is 5.92. The van der Waals surface area contributed by atoms with E-state index in [1.165, 1.54) is 19.8 Å². The molecule has 164 valence electrons. The fourth-order valence-electron chi connectivity index (χ4n) is 4.48. The third kappa shape index (κ3) is 4.42. The quantitative estimate of drug-likeness (QED) is 0.570. The van der Waals surface area contributed by atoms with Crippen molar-refractivity contribution in [2.75, 3.05) is 23.4 Å². The summed E-state index contributed by atoms with van der Waals surface area (Å²) >= 11 is 0. The summed E-state index contributed by atoms with van der Waals surface area (Å²) in [7, 11) is 0. The van der Waals surface area contributed by atoms with Crippen LogP contribution in [0.25, 0.3) is 22.4 Å². The van der Waals surface area contributed by atoms with E-state index in [1.54, 1.807) is 0 Å². The lowest BCUT2D eigenvalue weighted by atomic mass is 10.2. The number of carbonyl (C=O) groups is 1. The molecule has 1 saturated heterocycles. The summed E-state index contributed by atoms with van der Waals surface area (Å²) in [6, 6.07) is 11.0. The zero-order valence-corrected chi connectivity index (χ0v) is 18.8. The summed E-state index contributed by atoms with van der Waals surface area (Å²) < 4.78 is 7.77. The number of fused-ring (bicyclic) bond motifs is 1. The van der Waals surface area contributed by atoms with E-state index in [0.29, 0.717) is 31.8 Å². The van der Waals surface area contributed by atoms with Crippen molar-refractivity contribution >= 4 is 28.4 Å². The van der Waals surface area contributed by atoms with Crippen LogP contribution in [0.1, 0.15) is 40.5 Å². The van der Waals surface area contributed by atoms with Crippen molar-refractivity contribution in [3.05, 3.63) is 36.5 Å². The summed E-state index contributed by atoms with van der Waals surface area (Å²) in [5, 5.41) is 2.83. The minimum Gasteiger partial charge on any atom is -0.380 e. The van der Waals surface area contributed by atoms with Crippen LogP contribution in [-0.4, -0.2) is 45.7 Å². The molecule has 1 aliphatic rings. The van der Waals surface area contributed by atoms with Gasteiger partial charge in [0.25, 0.3) is 0 Å². The Morgan fingerprint density at radius 2 is 1.97 bits per heavy atom. The maximum Gasteiger partial charge on any atom is 0.221 e. The van der Waals surface area contributed by atoms with Crippen LogP contribution >= 0.6 is 0 Å². The Labute approximate surface area is 183 Å². The van der Waals surface area contributed by atoms with Gasteiger partial charge in [0.1, 0.15) is 11.6 Å². The maximum atomic E-state index is 11.4. The molecule has 3 aromatic rings. The molecule has 0 saturated carbocycles. The Balaban J connectivity index is 1.70. The molecule has 1 N–H and O–H groups in total. The molecule has 4 rings (SSSR count). The van der Waals surface area contributed by atoms with Gasteiger partial charge in [-0.1, -0.05) is 0 Å². The van der Waals surface area contributed by atoms with Crippen molar-refractivity contribution in [1.82, 2.24) is 14.5 Å². The molecule has 0 unspecified atom stereocenters. The zero-order chi connectivity index (χ0) is 22.0. The summed E-state index contributed by atoms with van der Waals surface area (Å²) in [5.41, 5.74) is 3.56. The van der Waals surface area contributed by atoms with Gasteiger partial charge in [0.15, 0.2) is 0 Å². The topological polar surface area (TPSA) is 72.3 Å². The Hall–Kier alpha value is -2.93. The molecule has 31 heavy (non-hydrogen) atoms. The van der Waals surface area contributed by atoms with Crippen molar-refractivity contribution in [3.63, 3.8) is 0 Å². The number of amides is 1. The lowest BCUT2D eigenvalue weighted by molar-refractivity contribution is -0.114. The van der Waals surface area contributed by atoms with Gasteiger partial charge in [0.05, 0.1) is 17.6 Å². The third-order valence-corrected chi connectivity index (χ3v) is 5.95. The van der Waals surface area contributed by atoms with Gasteiger partial charge >= 0.3 is 0 Å². The monoisotopic (exact) mass is 421 g/mol. The number of benzene rings is 1. The number of nitrogens with zero attached hydrogens (tertiary/aromatic N) is 4. The molecule has 0 aliphatic carbocycles. The fraction of sp³-hybridized carbons (Fsp3) is 0.458. The fourth-order valence-corrected chi connectivity index (χ4v) is 4.48. The van der Waals surface area contributed by atoms with Gasteiger partial charge < -0.3 is 19.5 Å². The number of pyridine rings is 1. The van der Waals surface area contributed by atoms with Crippen LogP contribution in [0, 0.1) is 0 Å². The molecular weight excluding hydrogens is 390 g/mol. The van der Waals surface area contributed by atoms with E-state index in [4.69, 9.17) is 14.7 Å². The average molecular weight is 422 g/mol. The van der Waals surface area contributed by atoms with E-state index in [0.717, 1.165) is 33.9 Å². The van der Waals surface area contributed by atoms with Crippen molar-refractivity contribution in [2.45, 2.75) is 59.2 Å². The Morgan fingerprint density at radius 1 is 1.19 bits per heavy atom. The van der Waals surface area contributed by atoms with Crippen LogP contribution in [-0.2, 0) is 16.1 Å². The van der Waals surface area contributed by atoms with Crippen LogP contribution < -0.4 is 10.2 Å². The van der Waals surface area contributed by atoms with Crippen LogP contribution in [0.5, 0.6) is 0 Å². The van der Waals surface area contributed by atoms with Gasteiger partial charge in [-0.05, 0) is 63.9 Å². The van der Waals surface area contributed by atoms with E-state index in [9.17, 15) is 4.79 Å². The summed E-state index contributed by atoms with van der Waals surface area (Å²) in [6.07, 6.45) is 4.32. The number of nitrogens with one attached hydrogen (secondary N) is 1. The number of aromatic nitrogens is 3. The number of anilines is 2. The van der Waals surface area contributed by atoms with E-state index < -0.39 is 0 Å². The second kappa shape index (κ2) is 9.06. The molecule has 1 aromatic carbocycles. The molecular formula is C24H31N5O2. The van der Waals surface area contributed by atoms with E-state index in [1.807, 2.05) is 31.3 Å². The highest BCUT2D eigenvalue weighted by Crippen LogP contribution is 2.31. The largest absolute Gasteiger partial charge is 0.380 e. The SMILES string of the molecule is CCOCCn1c(-c2ccc(N3[C@@H](C)CC[C@@H]3C)nc2)nc2cc(NC(C)=O)ccc21. The Kier molecular flexibility index (Phi) is 6.23. The van der Waals surface area contributed by atoms with Gasteiger partial charge in [-0.3, -0.25) is 4.79 Å². The lowest BCUT2D eigenvalue weighted by Gasteiger charge is -2.27. The molecule has 1 amide bonds.